The largest absolute Gasteiger partial charge is 0.444 e. The van der Waals surface area contributed by atoms with Gasteiger partial charge in [0.25, 0.3) is 5.91 Å². The molecule has 3 amide bonds. The smallest absolute Gasteiger partial charge is 0.407 e. The van der Waals surface area contributed by atoms with Crippen LogP contribution in [0.15, 0.2) is 24.3 Å². The van der Waals surface area contributed by atoms with Crippen LogP contribution in [0.4, 0.5) is 10.5 Å². The lowest BCUT2D eigenvalue weighted by atomic mass is 10.0. The van der Waals surface area contributed by atoms with Crippen molar-refractivity contribution in [3.8, 4) is 0 Å². The van der Waals surface area contributed by atoms with Crippen LogP contribution in [-0.4, -0.2) is 36.1 Å². The first kappa shape index (κ1) is 20.7. The number of ether oxygens (including phenoxy) is 1. The van der Waals surface area contributed by atoms with Gasteiger partial charge >= 0.3 is 6.09 Å². The Morgan fingerprint density at radius 1 is 1.19 bits per heavy atom. The summed E-state index contributed by atoms with van der Waals surface area (Å²) in [5.74, 6) is -0.201. The highest BCUT2D eigenvalue weighted by Crippen LogP contribution is 2.25. The van der Waals surface area contributed by atoms with E-state index < -0.39 is 11.7 Å². The second-order valence-corrected chi connectivity index (χ2v) is 7.92. The molecule has 0 bridgehead atoms. The van der Waals surface area contributed by atoms with Gasteiger partial charge in [0.05, 0.1) is 0 Å². The lowest BCUT2D eigenvalue weighted by molar-refractivity contribution is -0.114. The number of nitrogens with one attached hydrogen (secondary N) is 3. The van der Waals surface area contributed by atoms with Crippen molar-refractivity contribution in [1.29, 1.82) is 0 Å². The maximum absolute atomic E-state index is 12.6. The van der Waals surface area contributed by atoms with E-state index in [1.54, 1.807) is 24.3 Å². The average molecular weight is 375 g/mol. The average Bonchev–Trinajstić information content (AvgIpc) is 2.98. The summed E-state index contributed by atoms with van der Waals surface area (Å²) in [4.78, 5) is 35.6. The number of benzene rings is 1. The summed E-state index contributed by atoms with van der Waals surface area (Å²) in [5, 5.41) is 8.52. The van der Waals surface area contributed by atoms with E-state index in [0.29, 0.717) is 17.8 Å². The van der Waals surface area contributed by atoms with E-state index >= 15 is 0 Å². The van der Waals surface area contributed by atoms with E-state index in [2.05, 4.69) is 16.0 Å². The Kier molecular flexibility index (Phi) is 6.82. The molecule has 1 aromatic carbocycles. The summed E-state index contributed by atoms with van der Waals surface area (Å²) in [6.45, 7) is 7.35. The Morgan fingerprint density at radius 2 is 1.93 bits per heavy atom. The molecule has 3 N–H and O–H groups in total. The minimum atomic E-state index is -0.535. The number of alkyl carbamates (subject to hydrolysis) is 1. The Balaban J connectivity index is 1.91. The van der Waals surface area contributed by atoms with Gasteiger partial charge in [-0.3, -0.25) is 9.59 Å². The van der Waals surface area contributed by atoms with Crippen molar-refractivity contribution in [2.75, 3.05) is 11.9 Å². The van der Waals surface area contributed by atoms with Crippen LogP contribution in [0.1, 0.15) is 57.3 Å². The molecule has 0 spiro atoms. The van der Waals surface area contributed by atoms with Crippen LogP contribution in [0.3, 0.4) is 0 Å². The minimum absolute atomic E-state index is 0.00291. The molecule has 0 saturated heterocycles. The van der Waals surface area contributed by atoms with Crippen LogP contribution in [0.25, 0.3) is 0 Å². The summed E-state index contributed by atoms with van der Waals surface area (Å²) in [7, 11) is 0. The zero-order chi connectivity index (χ0) is 20.0. The standard InChI is InChI=1S/C20H29N3O4/c1-13(24)22-16-9-5-7-14(11-16)18(25)23-17-10-6-8-15(17)12-21-19(26)27-20(2,3)4/h5,7,9,11,15,17H,6,8,10,12H2,1-4H3,(H,21,26)(H,22,24)(H,23,25)/t15-,17+/m1/s1. The number of anilines is 1. The molecular weight excluding hydrogens is 346 g/mol. The molecule has 148 valence electrons. The highest BCUT2D eigenvalue weighted by Gasteiger charge is 2.29. The van der Waals surface area contributed by atoms with Crippen molar-refractivity contribution in [2.45, 2.75) is 58.6 Å². The molecule has 0 aromatic heterocycles. The van der Waals surface area contributed by atoms with Gasteiger partial charge in [-0.1, -0.05) is 12.5 Å². The molecule has 27 heavy (non-hydrogen) atoms. The molecule has 2 rings (SSSR count). The molecule has 1 fully saturated rings. The van der Waals surface area contributed by atoms with Gasteiger partial charge in [-0.15, -0.1) is 0 Å². The maximum Gasteiger partial charge on any atom is 0.407 e. The first-order valence-electron chi connectivity index (χ1n) is 9.29. The molecule has 7 heteroatoms. The number of rotatable bonds is 5. The zero-order valence-corrected chi connectivity index (χ0v) is 16.4. The Hall–Kier alpha value is -2.57. The second-order valence-electron chi connectivity index (χ2n) is 7.92. The highest BCUT2D eigenvalue weighted by atomic mass is 16.6. The van der Waals surface area contributed by atoms with Gasteiger partial charge in [0.1, 0.15) is 5.60 Å². The third-order valence-corrected chi connectivity index (χ3v) is 4.33. The van der Waals surface area contributed by atoms with Crippen molar-refractivity contribution in [3.63, 3.8) is 0 Å². The highest BCUT2D eigenvalue weighted by molar-refractivity contribution is 5.97. The van der Waals surface area contributed by atoms with Crippen LogP contribution in [0.5, 0.6) is 0 Å². The molecule has 1 aliphatic carbocycles. The molecular formula is C20H29N3O4. The van der Waals surface area contributed by atoms with E-state index in [9.17, 15) is 14.4 Å². The number of carbonyl (C=O) groups excluding carboxylic acids is 3. The number of hydrogen-bond donors (Lipinski definition) is 3. The summed E-state index contributed by atoms with van der Waals surface area (Å²) in [5.41, 5.74) is 0.545. The maximum atomic E-state index is 12.6. The fraction of sp³-hybridized carbons (Fsp3) is 0.550. The van der Waals surface area contributed by atoms with Gasteiger partial charge in [-0.05, 0) is 57.7 Å². The predicted molar refractivity (Wildman–Crippen MR) is 104 cm³/mol. The van der Waals surface area contributed by atoms with Crippen LogP contribution in [0, 0.1) is 5.92 Å². The topological polar surface area (TPSA) is 96.5 Å². The van der Waals surface area contributed by atoms with Crippen molar-refractivity contribution in [3.05, 3.63) is 29.8 Å². The summed E-state index contributed by atoms with van der Waals surface area (Å²) in [6.07, 6.45) is 2.37. The predicted octanol–water partition coefficient (Wildman–Crippen LogP) is 3.07. The van der Waals surface area contributed by atoms with Crippen LogP contribution >= 0.6 is 0 Å². The van der Waals surface area contributed by atoms with E-state index in [1.807, 2.05) is 20.8 Å². The summed E-state index contributed by atoms with van der Waals surface area (Å²) >= 11 is 0. The molecule has 1 aromatic rings. The number of amides is 3. The normalized spacial score (nSPS) is 19.3. The molecule has 0 heterocycles. The fourth-order valence-electron chi connectivity index (χ4n) is 3.19. The van der Waals surface area contributed by atoms with E-state index in [4.69, 9.17) is 4.74 Å². The Bertz CT molecular complexity index is 697. The van der Waals surface area contributed by atoms with E-state index in [1.165, 1.54) is 6.92 Å². The monoisotopic (exact) mass is 375 g/mol. The lowest BCUT2D eigenvalue weighted by Gasteiger charge is -2.23. The van der Waals surface area contributed by atoms with Gasteiger partial charge in [0, 0.05) is 30.8 Å². The number of carbonyl (C=O) groups is 3. The molecule has 0 unspecified atom stereocenters. The van der Waals surface area contributed by atoms with Crippen molar-refractivity contribution in [2.24, 2.45) is 5.92 Å². The van der Waals surface area contributed by atoms with Gasteiger partial charge in [0.15, 0.2) is 0 Å². The second kappa shape index (κ2) is 8.88. The van der Waals surface area contributed by atoms with Gasteiger partial charge in [0.2, 0.25) is 5.91 Å². The molecule has 1 saturated carbocycles. The first-order chi connectivity index (χ1) is 12.6. The van der Waals surface area contributed by atoms with Gasteiger partial charge in [-0.2, -0.15) is 0 Å². The number of hydrogen-bond acceptors (Lipinski definition) is 4. The minimum Gasteiger partial charge on any atom is -0.444 e. The Morgan fingerprint density at radius 3 is 2.59 bits per heavy atom. The fourth-order valence-corrected chi connectivity index (χ4v) is 3.19. The molecule has 0 radical (unpaired) electrons. The van der Waals surface area contributed by atoms with Gasteiger partial charge in [-0.25, -0.2) is 4.79 Å². The third-order valence-electron chi connectivity index (χ3n) is 4.33. The molecule has 1 aliphatic rings. The summed E-state index contributed by atoms with van der Waals surface area (Å²) in [6, 6.07) is 6.83. The molecule has 2 atom stereocenters. The van der Waals surface area contributed by atoms with E-state index in [-0.39, 0.29) is 23.8 Å². The third kappa shape index (κ3) is 6.92. The van der Waals surface area contributed by atoms with Crippen molar-refractivity contribution >= 4 is 23.6 Å². The van der Waals surface area contributed by atoms with E-state index in [0.717, 1.165) is 19.3 Å². The molecule has 0 aliphatic heterocycles. The Labute approximate surface area is 160 Å². The first-order valence-corrected chi connectivity index (χ1v) is 9.29. The van der Waals surface area contributed by atoms with Crippen LogP contribution < -0.4 is 16.0 Å². The lowest BCUT2D eigenvalue weighted by Crippen LogP contribution is -2.43. The van der Waals surface area contributed by atoms with Crippen molar-refractivity contribution in [1.82, 2.24) is 10.6 Å². The van der Waals surface area contributed by atoms with Crippen molar-refractivity contribution < 1.29 is 19.1 Å². The quantitative estimate of drug-likeness (QED) is 0.737. The molecule has 7 nitrogen and oxygen atoms in total. The SMILES string of the molecule is CC(=O)Nc1cccc(C(=O)N[C@H]2CCC[C@@H]2CNC(=O)OC(C)(C)C)c1. The zero-order valence-electron chi connectivity index (χ0n) is 16.4. The van der Waals surface area contributed by atoms with Gasteiger partial charge < -0.3 is 20.7 Å². The van der Waals surface area contributed by atoms with Crippen LogP contribution in [-0.2, 0) is 9.53 Å². The summed E-state index contributed by atoms with van der Waals surface area (Å²) < 4.78 is 5.26. The van der Waals surface area contributed by atoms with Crippen LogP contribution in [0.2, 0.25) is 0 Å².